The summed E-state index contributed by atoms with van der Waals surface area (Å²) in [7, 11) is -1.72. The zero-order valence-electron chi connectivity index (χ0n) is 8.66. The molecular weight excluding hydrogens is 156 g/mol. The van der Waals surface area contributed by atoms with Crippen LogP contribution in [0.1, 0.15) is 4.11 Å². The molecule has 0 heterocycles. The lowest BCUT2D eigenvalue weighted by Crippen LogP contribution is -2.14. The summed E-state index contributed by atoms with van der Waals surface area (Å²) >= 11 is 0. The minimum Gasteiger partial charge on any atom is -0.437 e. The van der Waals surface area contributed by atoms with Gasteiger partial charge in [-0.3, -0.25) is 0 Å². The number of carbonyl (C=O) groups is 2. The normalized spacial score (nSPS) is 13.7. The molecule has 0 aliphatic rings. The van der Waals surface area contributed by atoms with Gasteiger partial charge in [0.2, 0.25) is 0 Å². The molecule has 0 rings (SSSR count). The van der Waals surface area contributed by atoms with Crippen LogP contribution in [-0.2, 0) is 18.9 Å². The number of methoxy groups -OCH3 is 2. The van der Waals surface area contributed by atoms with Crippen LogP contribution < -0.4 is 0 Å². The maximum Gasteiger partial charge on any atom is 0.520 e. The van der Waals surface area contributed by atoms with E-state index in [1.165, 1.54) is 7.11 Å². The standard InChI is InChI=1S/C5H8O6/c1-8-3-10-5(7)11-4(6)9-2/h3H2,1-2H3/i2D3. The largest absolute Gasteiger partial charge is 0.520 e. The second-order valence-corrected chi connectivity index (χ2v) is 1.25. The van der Waals surface area contributed by atoms with Gasteiger partial charge < -0.3 is 18.9 Å². The van der Waals surface area contributed by atoms with Gasteiger partial charge in [0.25, 0.3) is 0 Å². The first-order valence-electron chi connectivity index (χ1n) is 3.91. The third-order valence-electron chi connectivity index (χ3n) is 0.545. The lowest BCUT2D eigenvalue weighted by Gasteiger charge is -2.00. The van der Waals surface area contributed by atoms with Crippen LogP contribution in [-0.4, -0.2) is 33.3 Å². The highest BCUT2D eigenvalue weighted by atomic mass is 16.8. The predicted octanol–water partition coefficient (Wildman–Crippen LogP) is 0.510. The number of carbonyl (C=O) groups excluding carboxylic acids is 2. The molecule has 0 aliphatic heterocycles. The van der Waals surface area contributed by atoms with Crippen molar-refractivity contribution in [2.45, 2.75) is 0 Å². The fourth-order valence-electron chi connectivity index (χ4n) is 0.225. The Morgan fingerprint density at radius 1 is 1.45 bits per heavy atom. The van der Waals surface area contributed by atoms with E-state index in [0.29, 0.717) is 0 Å². The van der Waals surface area contributed by atoms with E-state index in [-0.39, 0.29) is 0 Å². The molecule has 0 N–H and O–H groups in total. The average Bonchev–Trinajstić information content (AvgIpc) is 1.96. The van der Waals surface area contributed by atoms with Crippen LogP contribution in [0, 0.1) is 0 Å². The molecule has 0 atom stereocenters. The van der Waals surface area contributed by atoms with Crippen molar-refractivity contribution in [2.24, 2.45) is 0 Å². The van der Waals surface area contributed by atoms with Crippen molar-refractivity contribution < 1.29 is 32.6 Å². The van der Waals surface area contributed by atoms with E-state index < -0.39 is 26.1 Å². The minimum absolute atomic E-state index is 0.417. The first-order chi connectivity index (χ1) is 6.35. The predicted molar refractivity (Wildman–Crippen MR) is 31.8 cm³/mol. The molecule has 0 fully saturated rings. The second-order valence-electron chi connectivity index (χ2n) is 1.25. The van der Waals surface area contributed by atoms with Crippen LogP contribution in [0.15, 0.2) is 0 Å². The third kappa shape index (κ3) is 5.16. The van der Waals surface area contributed by atoms with Crippen molar-refractivity contribution in [3.8, 4) is 0 Å². The Morgan fingerprint density at radius 2 is 2.18 bits per heavy atom. The lowest BCUT2D eigenvalue weighted by molar-refractivity contribution is -0.0223. The second kappa shape index (κ2) is 5.48. The molecule has 0 aromatic heterocycles. The Morgan fingerprint density at radius 3 is 2.73 bits per heavy atom. The van der Waals surface area contributed by atoms with Crippen LogP contribution in [0.25, 0.3) is 0 Å². The zero-order chi connectivity index (χ0) is 11.2. The van der Waals surface area contributed by atoms with E-state index in [0.717, 1.165) is 0 Å². The van der Waals surface area contributed by atoms with E-state index in [2.05, 4.69) is 18.9 Å². The van der Waals surface area contributed by atoms with Crippen molar-refractivity contribution in [3.05, 3.63) is 0 Å². The molecule has 0 aromatic rings. The monoisotopic (exact) mass is 167 g/mol. The SMILES string of the molecule is [2H]C([2H])([2H])OC(=O)OC(=O)OCOC. The quantitative estimate of drug-likeness (QED) is 0.339. The van der Waals surface area contributed by atoms with Gasteiger partial charge in [0.15, 0.2) is 6.79 Å². The van der Waals surface area contributed by atoms with Crippen LogP contribution in [0.3, 0.4) is 0 Å². The Kier molecular flexibility index (Phi) is 2.67. The Hall–Kier alpha value is -1.30. The maximum absolute atomic E-state index is 10.5. The van der Waals surface area contributed by atoms with Crippen LogP contribution in [0.5, 0.6) is 0 Å². The van der Waals surface area contributed by atoms with Gasteiger partial charge >= 0.3 is 12.3 Å². The van der Waals surface area contributed by atoms with Gasteiger partial charge in [0.1, 0.15) is 0 Å². The van der Waals surface area contributed by atoms with Crippen molar-refractivity contribution in [2.75, 3.05) is 20.9 Å². The molecule has 0 saturated carbocycles. The minimum atomic E-state index is -2.96. The van der Waals surface area contributed by atoms with Gasteiger partial charge in [0, 0.05) is 7.11 Å². The molecule has 64 valence electrons. The molecular formula is C5H8O6. The summed E-state index contributed by atoms with van der Waals surface area (Å²) in [4.78, 5) is 21.0. The molecule has 6 heteroatoms. The van der Waals surface area contributed by atoms with Gasteiger partial charge in [-0.1, -0.05) is 0 Å². The molecule has 0 bridgehead atoms. The van der Waals surface area contributed by atoms with Crippen molar-refractivity contribution >= 4 is 12.3 Å². The highest BCUT2D eigenvalue weighted by molar-refractivity contribution is 5.76. The first-order valence-corrected chi connectivity index (χ1v) is 2.41. The van der Waals surface area contributed by atoms with Crippen molar-refractivity contribution in [1.82, 2.24) is 0 Å². The summed E-state index contributed by atoms with van der Waals surface area (Å²) < 4.78 is 35.3. The van der Waals surface area contributed by atoms with Crippen LogP contribution >= 0.6 is 0 Å². The molecule has 0 aliphatic carbocycles. The fraction of sp³-hybridized carbons (Fsp3) is 0.600. The van der Waals surface area contributed by atoms with Gasteiger partial charge in [-0.15, -0.1) is 0 Å². The van der Waals surface area contributed by atoms with E-state index >= 15 is 0 Å². The summed E-state index contributed by atoms with van der Waals surface area (Å²) in [6.07, 6.45) is -3.06. The van der Waals surface area contributed by atoms with E-state index in [1.54, 1.807) is 0 Å². The first kappa shape index (κ1) is 5.36. The fourth-order valence-corrected chi connectivity index (χ4v) is 0.225. The summed E-state index contributed by atoms with van der Waals surface area (Å²) in [5.74, 6) is 0. The maximum atomic E-state index is 10.5. The molecule has 0 aromatic carbocycles. The molecule has 0 amide bonds. The van der Waals surface area contributed by atoms with Gasteiger partial charge in [0.05, 0.1) is 11.2 Å². The molecule has 11 heavy (non-hydrogen) atoms. The smallest absolute Gasteiger partial charge is 0.437 e. The zero-order valence-corrected chi connectivity index (χ0v) is 5.66. The summed E-state index contributed by atoms with van der Waals surface area (Å²) in [5, 5.41) is 0. The van der Waals surface area contributed by atoms with Crippen molar-refractivity contribution in [1.29, 1.82) is 0 Å². The molecule has 0 radical (unpaired) electrons. The summed E-state index contributed by atoms with van der Waals surface area (Å²) in [6, 6.07) is 0. The van der Waals surface area contributed by atoms with Crippen molar-refractivity contribution in [3.63, 3.8) is 0 Å². The van der Waals surface area contributed by atoms with Gasteiger partial charge in [-0.05, 0) is 0 Å². The highest BCUT2D eigenvalue weighted by Crippen LogP contribution is 1.88. The molecule has 0 saturated heterocycles. The van der Waals surface area contributed by atoms with E-state index in [1.807, 2.05) is 0 Å². The molecule has 0 spiro atoms. The Bertz CT molecular complexity index is 212. The summed E-state index contributed by atoms with van der Waals surface area (Å²) in [5.41, 5.74) is 0. The molecule has 0 unspecified atom stereocenters. The van der Waals surface area contributed by atoms with E-state index in [4.69, 9.17) is 4.11 Å². The number of hydrogen-bond donors (Lipinski definition) is 0. The third-order valence-corrected chi connectivity index (χ3v) is 0.545. The lowest BCUT2D eigenvalue weighted by atomic mass is 11.2. The highest BCUT2D eigenvalue weighted by Gasteiger charge is 2.10. The Balaban J connectivity index is 3.78. The van der Waals surface area contributed by atoms with Crippen LogP contribution in [0.2, 0.25) is 0 Å². The van der Waals surface area contributed by atoms with Gasteiger partial charge in [-0.25, -0.2) is 9.59 Å². The molecule has 6 nitrogen and oxygen atoms in total. The van der Waals surface area contributed by atoms with E-state index in [9.17, 15) is 9.59 Å². The van der Waals surface area contributed by atoms with Gasteiger partial charge in [-0.2, -0.15) is 0 Å². The topological polar surface area (TPSA) is 71.1 Å². The summed E-state index contributed by atoms with van der Waals surface area (Å²) in [6.45, 7) is -0.417. The number of ether oxygens (including phenoxy) is 4. The van der Waals surface area contributed by atoms with Crippen LogP contribution in [0.4, 0.5) is 9.59 Å². The average molecular weight is 167 g/mol. The number of hydrogen-bond acceptors (Lipinski definition) is 6. The number of rotatable bonds is 2. The Labute approximate surface area is 67.2 Å².